The SMILES string of the molecule is Cc1cc(OCCC(C)(C)O)cc(C)c1-c1ccc(F)c2c1CC[C@H]2Nc1ccc([C@@H]2C[C@H]2C(=O)O)cn1. The predicted molar refractivity (Wildman–Crippen MR) is 145 cm³/mol. The van der Waals surface area contributed by atoms with Crippen LogP contribution in [-0.2, 0) is 11.2 Å². The summed E-state index contributed by atoms with van der Waals surface area (Å²) >= 11 is 0. The largest absolute Gasteiger partial charge is 0.493 e. The van der Waals surface area contributed by atoms with Gasteiger partial charge in [0.25, 0.3) is 0 Å². The van der Waals surface area contributed by atoms with Gasteiger partial charge < -0.3 is 20.3 Å². The second kappa shape index (κ2) is 10.0. The molecule has 0 spiro atoms. The quantitative estimate of drug-likeness (QED) is 0.307. The van der Waals surface area contributed by atoms with Gasteiger partial charge in [0.2, 0.25) is 0 Å². The molecule has 200 valence electrons. The van der Waals surface area contributed by atoms with Gasteiger partial charge in [0.1, 0.15) is 17.4 Å². The maximum atomic E-state index is 15.2. The Morgan fingerprint density at radius 1 is 1.18 bits per heavy atom. The third-order valence-electron chi connectivity index (χ3n) is 7.74. The summed E-state index contributed by atoms with van der Waals surface area (Å²) in [6.45, 7) is 8.06. The number of aryl methyl sites for hydroxylation is 2. The summed E-state index contributed by atoms with van der Waals surface area (Å²) in [6.07, 6.45) is 4.43. The number of aliphatic hydroxyl groups is 1. The van der Waals surface area contributed by atoms with Crippen molar-refractivity contribution < 1.29 is 24.1 Å². The molecule has 5 rings (SSSR count). The zero-order chi connectivity index (χ0) is 27.2. The number of anilines is 1. The van der Waals surface area contributed by atoms with E-state index in [1.54, 1.807) is 26.1 Å². The number of carbonyl (C=O) groups is 1. The van der Waals surface area contributed by atoms with Gasteiger partial charge in [0, 0.05) is 18.2 Å². The molecule has 1 aromatic heterocycles. The first kappa shape index (κ1) is 26.2. The average molecular weight is 519 g/mol. The first-order valence-corrected chi connectivity index (χ1v) is 13.2. The van der Waals surface area contributed by atoms with Crippen molar-refractivity contribution in [1.82, 2.24) is 4.98 Å². The molecular formula is C31H35FN2O4. The Bertz CT molecular complexity index is 1340. The lowest BCUT2D eigenvalue weighted by Crippen LogP contribution is -2.21. The van der Waals surface area contributed by atoms with E-state index in [1.807, 2.05) is 44.2 Å². The number of halogens is 1. The minimum Gasteiger partial charge on any atom is -0.493 e. The third kappa shape index (κ3) is 5.39. The van der Waals surface area contributed by atoms with Crippen LogP contribution in [0.3, 0.4) is 0 Å². The van der Waals surface area contributed by atoms with Gasteiger partial charge in [-0.05, 0) is 111 Å². The Hall–Kier alpha value is -3.45. The summed E-state index contributed by atoms with van der Waals surface area (Å²) in [7, 11) is 0. The summed E-state index contributed by atoms with van der Waals surface area (Å²) in [5.41, 5.74) is 6.12. The summed E-state index contributed by atoms with van der Waals surface area (Å²) in [5.74, 6) is 0.158. The first-order valence-electron chi connectivity index (χ1n) is 13.2. The number of benzene rings is 2. The lowest BCUT2D eigenvalue weighted by molar-refractivity contribution is -0.138. The van der Waals surface area contributed by atoms with Gasteiger partial charge in [-0.3, -0.25) is 4.79 Å². The molecule has 1 heterocycles. The third-order valence-corrected chi connectivity index (χ3v) is 7.74. The molecule has 2 aliphatic rings. The van der Waals surface area contributed by atoms with E-state index in [4.69, 9.17) is 4.74 Å². The van der Waals surface area contributed by atoms with Crippen LogP contribution in [0.4, 0.5) is 10.2 Å². The molecule has 7 heteroatoms. The summed E-state index contributed by atoms with van der Waals surface area (Å²) in [6, 6.07) is 11.0. The first-order chi connectivity index (χ1) is 18.0. The maximum absolute atomic E-state index is 15.2. The average Bonchev–Trinajstić information content (AvgIpc) is 3.54. The molecule has 0 radical (unpaired) electrons. The number of carboxylic acid groups (broad SMARTS) is 1. The predicted octanol–water partition coefficient (Wildman–Crippen LogP) is 6.33. The van der Waals surface area contributed by atoms with Crippen molar-refractivity contribution in [2.45, 2.75) is 70.9 Å². The van der Waals surface area contributed by atoms with Crippen molar-refractivity contribution in [2.75, 3.05) is 11.9 Å². The normalized spacial score (nSPS) is 20.2. The highest BCUT2D eigenvalue weighted by Gasteiger charge is 2.44. The topological polar surface area (TPSA) is 91.7 Å². The van der Waals surface area contributed by atoms with Crippen LogP contribution >= 0.6 is 0 Å². The fourth-order valence-corrected chi connectivity index (χ4v) is 5.67. The highest BCUT2D eigenvalue weighted by molar-refractivity contribution is 5.77. The molecule has 2 aromatic carbocycles. The molecule has 0 aliphatic heterocycles. The molecular weight excluding hydrogens is 483 g/mol. The van der Waals surface area contributed by atoms with Crippen LogP contribution in [0.1, 0.15) is 72.9 Å². The van der Waals surface area contributed by atoms with E-state index in [0.717, 1.165) is 52.0 Å². The number of carboxylic acids is 1. The number of rotatable bonds is 9. The van der Waals surface area contributed by atoms with Crippen molar-refractivity contribution in [3.63, 3.8) is 0 Å². The van der Waals surface area contributed by atoms with E-state index >= 15 is 4.39 Å². The summed E-state index contributed by atoms with van der Waals surface area (Å²) in [4.78, 5) is 15.7. The van der Waals surface area contributed by atoms with Gasteiger partial charge in [0.15, 0.2) is 0 Å². The smallest absolute Gasteiger partial charge is 0.307 e. The number of aliphatic carboxylic acids is 1. The van der Waals surface area contributed by atoms with Gasteiger partial charge in [-0.25, -0.2) is 9.37 Å². The van der Waals surface area contributed by atoms with Crippen LogP contribution in [0.25, 0.3) is 11.1 Å². The molecule has 1 fully saturated rings. The van der Waals surface area contributed by atoms with E-state index < -0.39 is 11.6 Å². The molecule has 6 nitrogen and oxygen atoms in total. The van der Waals surface area contributed by atoms with Gasteiger partial charge in [-0.1, -0.05) is 12.1 Å². The van der Waals surface area contributed by atoms with Gasteiger partial charge in [-0.15, -0.1) is 0 Å². The number of ether oxygens (including phenoxy) is 1. The number of hydrogen-bond acceptors (Lipinski definition) is 5. The lowest BCUT2D eigenvalue weighted by Gasteiger charge is -2.20. The Labute approximate surface area is 222 Å². The van der Waals surface area contributed by atoms with Crippen molar-refractivity contribution in [3.05, 3.63) is 76.2 Å². The fourth-order valence-electron chi connectivity index (χ4n) is 5.67. The Morgan fingerprint density at radius 2 is 1.92 bits per heavy atom. The second-order valence-corrected chi connectivity index (χ2v) is 11.3. The molecule has 0 saturated heterocycles. The Morgan fingerprint density at radius 3 is 2.53 bits per heavy atom. The molecule has 0 unspecified atom stereocenters. The van der Waals surface area contributed by atoms with Crippen molar-refractivity contribution in [2.24, 2.45) is 5.92 Å². The highest BCUT2D eigenvalue weighted by Crippen LogP contribution is 2.48. The maximum Gasteiger partial charge on any atom is 0.307 e. The van der Waals surface area contributed by atoms with Crippen molar-refractivity contribution in [1.29, 1.82) is 0 Å². The van der Waals surface area contributed by atoms with Crippen LogP contribution in [0.5, 0.6) is 5.75 Å². The van der Waals surface area contributed by atoms with E-state index in [1.165, 1.54) is 0 Å². The second-order valence-electron chi connectivity index (χ2n) is 11.3. The Kier molecular flexibility index (Phi) is 6.90. The number of hydrogen-bond donors (Lipinski definition) is 3. The van der Waals surface area contributed by atoms with E-state index in [-0.39, 0.29) is 23.7 Å². The Balaban J connectivity index is 1.36. The number of nitrogens with zero attached hydrogens (tertiary/aromatic N) is 1. The van der Waals surface area contributed by atoms with Crippen molar-refractivity contribution >= 4 is 11.8 Å². The van der Waals surface area contributed by atoms with Crippen LogP contribution in [0, 0.1) is 25.6 Å². The van der Waals surface area contributed by atoms with Gasteiger partial charge >= 0.3 is 5.97 Å². The fraction of sp³-hybridized carbons (Fsp3) is 0.419. The molecule has 3 atom stereocenters. The zero-order valence-corrected chi connectivity index (χ0v) is 22.3. The van der Waals surface area contributed by atoms with E-state index in [2.05, 4.69) is 10.3 Å². The van der Waals surface area contributed by atoms with E-state index in [0.29, 0.717) is 30.8 Å². The number of nitrogens with one attached hydrogen (secondary N) is 1. The summed E-state index contributed by atoms with van der Waals surface area (Å²) in [5, 5.41) is 22.5. The minimum absolute atomic E-state index is 0.0334. The summed E-state index contributed by atoms with van der Waals surface area (Å²) < 4.78 is 21.1. The molecule has 2 aliphatic carbocycles. The molecule has 3 aromatic rings. The monoisotopic (exact) mass is 518 g/mol. The van der Waals surface area contributed by atoms with Crippen LogP contribution in [0.15, 0.2) is 42.6 Å². The minimum atomic E-state index is -0.776. The highest BCUT2D eigenvalue weighted by atomic mass is 19.1. The number of pyridine rings is 1. The number of fused-ring (bicyclic) bond motifs is 1. The molecule has 0 bridgehead atoms. The lowest BCUT2D eigenvalue weighted by atomic mass is 9.90. The molecule has 0 amide bonds. The van der Waals surface area contributed by atoms with Crippen molar-refractivity contribution in [3.8, 4) is 16.9 Å². The molecule has 38 heavy (non-hydrogen) atoms. The van der Waals surface area contributed by atoms with Gasteiger partial charge in [-0.2, -0.15) is 0 Å². The van der Waals surface area contributed by atoms with Crippen LogP contribution in [-0.4, -0.2) is 33.4 Å². The van der Waals surface area contributed by atoms with Crippen LogP contribution < -0.4 is 10.1 Å². The number of aromatic nitrogens is 1. The molecule has 1 saturated carbocycles. The standard InChI is InChI=1S/C31H35FN2O4/c1-17-13-20(38-12-11-31(3,4)37)14-18(2)28(17)21-6-8-25(32)29-22(21)7-9-26(29)34-27-10-5-19(16-33-27)23-15-24(23)30(35)36/h5-6,8,10,13-14,16,23-24,26,37H,7,9,11-12,15H2,1-4H3,(H,33,34)(H,35,36)/t23-,24+,26+/m0/s1. The van der Waals surface area contributed by atoms with Gasteiger partial charge in [0.05, 0.1) is 24.2 Å². The molecule has 3 N–H and O–H groups in total. The van der Waals surface area contributed by atoms with E-state index in [9.17, 15) is 15.0 Å². The van der Waals surface area contributed by atoms with Crippen LogP contribution in [0.2, 0.25) is 0 Å². The zero-order valence-electron chi connectivity index (χ0n) is 22.3.